The predicted octanol–water partition coefficient (Wildman–Crippen LogP) is 0.391. The molecule has 0 radical (unpaired) electrons. The summed E-state index contributed by atoms with van der Waals surface area (Å²) in [6.07, 6.45) is 0.113. The Hall–Kier alpha value is -0.320. The average Bonchev–Trinajstić information content (AvgIpc) is 2.15. The van der Waals surface area contributed by atoms with Crippen molar-refractivity contribution in [3.8, 4) is 0 Å². The third-order valence-corrected chi connectivity index (χ3v) is 1.95. The van der Waals surface area contributed by atoms with Gasteiger partial charge < -0.3 is 14.8 Å². The van der Waals surface area contributed by atoms with Crippen LogP contribution in [0.3, 0.4) is 0 Å². The minimum atomic E-state index is -0.631. The first kappa shape index (κ1) is 12.7. The fourth-order valence-corrected chi connectivity index (χ4v) is 0.906. The van der Waals surface area contributed by atoms with Crippen LogP contribution in [0.5, 0.6) is 0 Å². The molecule has 0 fully saturated rings. The molecule has 0 saturated heterocycles. The van der Waals surface area contributed by atoms with Crippen molar-refractivity contribution in [3.05, 3.63) is 0 Å². The quantitative estimate of drug-likeness (QED) is 0.508. The number of nitrogens with one attached hydrogen (secondary N) is 1. The summed E-state index contributed by atoms with van der Waals surface area (Å²) in [7, 11) is 2.94. The Labute approximate surface area is 83.5 Å². The van der Waals surface area contributed by atoms with Crippen molar-refractivity contribution < 1.29 is 14.3 Å². The van der Waals surface area contributed by atoms with Crippen LogP contribution in [0, 0.1) is 0 Å². The second-order valence-electron chi connectivity index (χ2n) is 2.70. The molecule has 0 saturated carbocycles. The van der Waals surface area contributed by atoms with Gasteiger partial charge in [0.05, 0.1) is 13.2 Å². The SMILES string of the molecule is COC(=O)C(Cl)CNCC(C)OC. The number of halogens is 1. The maximum Gasteiger partial charge on any atom is 0.325 e. The van der Waals surface area contributed by atoms with Crippen molar-refractivity contribution >= 4 is 17.6 Å². The number of methoxy groups -OCH3 is 2. The molecule has 2 atom stereocenters. The van der Waals surface area contributed by atoms with Crippen molar-refractivity contribution in [3.63, 3.8) is 0 Å². The van der Waals surface area contributed by atoms with Crippen LogP contribution in [0.25, 0.3) is 0 Å². The maximum atomic E-state index is 10.8. The summed E-state index contributed by atoms with van der Waals surface area (Å²) in [5.74, 6) is -0.417. The Morgan fingerprint density at radius 3 is 2.54 bits per heavy atom. The van der Waals surface area contributed by atoms with Crippen LogP contribution in [0.15, 0.2) is 0 Å². The van der Waals surface area contributed by atoms with Gasteiger partial charge in [-0.15, -0.1) is 11.6 Å². The van der Waals surface area contributed by atoms with Crippen LogP contribution in [0.4, 0.5) is 0 Å². The first-order valence-electron chi connectivity index (χ1n) is 4.07. The Morgan fingerprint density at radius 1 is 1.46 bits per heavy atom. The van der Waals surface area contributed by atoms with Crippen molar-refractivity contribution in [2.75, 3.05) is 27.3 Å². The molecule has 0 aliphatic rings. The van der Waals surface area contributed by atoms with Gasteiger partial charge in [0.1, 0.15) is 5.38 Å². The van der Waals surface area contributed by atoms with Crippen LogP contribution >= 0.6 is 11.6 Å². The molecule has 0 aromatic carbocycles. The van der Waals surface area contributed by atoms with Crippen LogP contribution < -0.4 is 5.32 Å². The third-order valence-electron chi connectivity index (χ3n) is 1.61. The molecular formula is C8H16ClNO3. The molecule has 0 bridgehead atoms. The van der Waals surface area contributed by atoms with E-state index >= 15 is 0 Å². The lowest BCUT2D eigenvalue weighted by molar-refractivity contribution is -0.140. The van der Waals surface area contributed by atoms with Gasteiger partial charge in [0.25, 0.3) is 0 Å². The highest BCUT2D eigenvalue weighted by atomic mass is 35.5. The molecule has 0 heterocycles. The van der Waals surface area contributed by atoms with Gasteiger partial charge in [0.15, 0.2) is 0 Å². The normalized spacial score (nSPS) is 15.1. The van der Waals surface area contributed by atoms with Crippen LogP contribution in [-0.2, 0) is 14.3 Å². The van der Waals surface area contributed by atoms with E-state index in [-0.39, 0.29) is 6.10 Å². The minimum Gasteiger partial charge on any atom is -0.468 e. The maximum absolute atomic E-state index is 10.8. The summed E-state index contributed by atoms with van der Waals surface area (Å²) < 4.78 is 9.45. The van der Waals surface area contributed by atoms with Gasteiger partial charge in [-0.2, -0.15) is 0 Å². The Morgan fingerprint density at radius 2 is 2.08 bits per heavy atom. The number of hydrogen-bond acceptors (Lipinski definition) is 4. The van der Waals surface area contributed by atoms with E-state index in [1.165, 1.54) is 7.11 Å². The second kappa shape index (κ2) is 7.12. The Kier molecular flexibility index (Phi) is 6.94. The van der Waals surface area contributed by atoms with Crippen molar-refractivity contribution in [2.45, 2.75) is 18.4 Å². The number of carbonyl (C=O) groups is 1. The zero-order valence-electron chi connectivity index (χ0n) is 8.17. The molecule has 0 aromatic heterocycles. The van der Waals surface area contributed by atoms with E-state index in [4.69, 9.17) is 16.3 Å². The fraction of sp³-hybridized carbons (Fsp3) is 0.875. The average molecular weight is 210 g/mol. The third kappa shape index (κ3) is 5.85. The topological polar surface area (TPSA) is 47.6 Å². The fourth-order valence-electron chi connectivity index (χ4n) is 0.708. The molecule has 5 heteroatoms. The molecule has 78 valence electrons. The zero-order chi connectivity index (χ0) is 10.3. The number of rotatable bonds is 6. The molecule has 0 amide bonds. The van der Waals surface area contributed by atoms with E-state index in [9.17, 15) is 4.79 Å². The number of esters is 1. The lowest BCUT2D eigenvalue weighted by Crippen LogP contribution is -2.34. The van der Waals surface area contributed by atoms with E-state index in [1.54, 1.807) is 7.11 Å². The highest BCUT2D eigenvalue weighted by Crippen LogP contribution is 1.96. The van der Waals surface area contributed by atoms with Gasteiger partial charge in [0.2, 0.25) is 0 Å². The molecule has 0 aliphatic heterocycles. The van der Waals surface area contributed by atoms with Gasteiger partial charge in [-0.05, 0) is 6.92 Å². The molecule has 1 N–H and O–H groups in total. The summed E-state index contributed by atoms with van der Waals surface area (Å²) in [6, 6.07) is 0. The van der Waals surface area contributed by atoms with Crippen LogP contribution in [-0.4, -0.2) is 44.8 Å². The van der Waals surface area contributed by atoms with Crippen LogP contribution in [0.1, 0.15) is 6.92 Å². The standard InChI is InChI=1S/C8H16ClNO3/c1-6(12-2)4-10-5-7(9)8(11)13-3/h6-7,10H,4-5H2,1-3H3. The number of ether oxygens (including phenoxy) is 2. The van der Waals surface area contributed by atoms with E-state index in [0.29, 0.717) is 13.1 Å². The molecular weight excluding hydrogens is 194 g/mol. The molecule has 13 heavy (non-hydrogen) atoms. The predicted molar refractivity (Wildman–Crippen MR) is 51.0 cm³/mol. The number of carbonyl (C=O) groups excluding carboxylic acids is 1. The van der Waals surface area contributed by atoms with Crippen molar-refractivity contribution in [1.29, 1.82) is 0 Å². The van der Waals surface area contributed by atoms with Crippen molar-refractivity contribution in [1.82, 2.24) is 5.32 Å². The van der Waals surface area contributed by atoms with Crippen LogP contribution in [0.2, 0.25) is 0 Å². The summed E-state index contributed by atoms with van der Waals surface area (Å²) in [4.78, 5) is 10.8. The van der Waals surface area contributed by atoms with Gasteiger partial charge in [-0.3, -0.25) is 4.79 Å². The van der Waals surface area contributed by atoms with Gasteiger partial charge in [0, 0.05) is 20.2 Å². The first-order chi connectivity index (χ1) is 6.11. The molecule has 0 aliphatic carbocycles. The Bertz CT molecular complexity index is 154. The summed E-state index contributed by atoms with van der Waals surface area (Å²) in [6.45, 7) is 2.98. The van der Waals surface area contributed by atoms with Gasteiger partial charge in [-0.25, -0.2) is 0 Å². The number of hydrogen-bond donors (Lipinski definition) is 1. The molecule has 4 nitrogen and oxygen atoms in total. The zero-order valence-corrected chi connectivity index (χ0v) is 8.93. The summed E-state index contributed by atoms with van der Waals surface area (Å²) >= 11 is 5.68. The highest BCUT2D eigenvalue weighted by molar-refractivity contribution is 6.30. The second-order valence-corrected chi connectivity index (χ2v) is 3.22. The highest BCUT2D eigenvalue weighted by Gasteiger charge is 2.14. The largest absolute Gasteiger partial charge is 0.468 e. The van der Waals surface area contributed by atoms with E-state index in [0.717, 1.165) is 0 Å². The smallest absolute Gasteiger partial charge is 0.325 e. The minimum absolute atomic E-state index is 0.113. The summed E-state index contributed by atoms with van der Waals surface area (Å²) in [5.41, 5.74) is 0. The lowest BCUT2D eigenvalue weighted by Gasteiger charge is -2.12. The van der Waals surface area contributed by atoms with E-state index in [2.05, 4.69) is 10.1 Å². The Balaban J connectivity index is 3.47. The lowest BCUT2D eigenvalue weighted by atomic mass is 10.3. The van der Waals surface area contributed by atoms with E-state index < -0.39 is 11.3 Å². The number of alkyl halides is 1. The molecule has 0 aromatic rings. The monoisotopic (exact) mass is 209 g/mol. The van der Waals surface area contributed by atoms with Gasteiger partial charge in [-0.1, -0.05) is 0 Å². The summed E-state index contributed by atoms with van der Waals surface area (Å²) in [5, 5.41) is 2.36. The molecule has 0 spiro atoms. The van der Waals surface area contributed by atoms with E-state index in [1.807, 2.05) is 6.92 Å². The molecule has 2 unspecified atom stereocenters. The first-order valence-corrected chi connectivity index (χ1v) is 4.50. The molecule has 0 rings (SSSR count). The van der Waals surface area contributed by atoms with Crippen molar-refractivity contribution in [2.24, 2.45) is 0 Å². The van der Waals surface area contributed by atoms with Gasteiger partial charge >= 0.3 is 5.97 Å².